The lowest BCUT2D eigenvalue weighted by Gasteiger charge is -2.18. The van der Waals surface area contributed by atoms with E-state index in [4.69, 9.17) is 4.74 Å². The Kier molecular flexibility index (Phi) is 4.43. The number of halogens is 2. The van der Waals surface area contributed by atoms with Crippen LogP contribution < -0.4 is 0 Å². The van der Waals surface area contributed by atoms with E-state index in [0.717, 1.165) is 25.0 Å². The highest BCUT2D eigenvalue weighted by Crippen LogP contribution is 2.37. The monoisotopic (exact) mass is 321 g/mol. The molecule has 0 radical (unpaired) electrons. The molecule has 23 heavy (non-hydrogen) atoms. The van der Waals surface area contributed by atoms with E-state index in [9.17, 15) is 8.78 Å². The first kappa shape index (κ1) is 16.1. The minimum absolute atomic E-state index is 0.0576. The summed E-state index contributed by atoms with van der Waals surface area (Å²) < 4.78 is 35.8. The molecule has 0 aromatic carbocycles. The maximum Gasteiger partial charge on any atom is 0.402 e. The summed E-state index contributed by atoms with van der Waals surface area (Å²) in [6.45, 7) is 3.67. The SMILES string of the molecule is CC(C)n1nc(C(F)(F)OCc2ccccn2)c2c1CCCC2. The Morgan fingerprint density at radius 1 is 1.26 bits per heavy atom. The van der Waals surface area contributed by atoms with Gasteiger partial charge >= 0.3 is 6.11 Å². The van der Waals surface area contributed by atoms with Crippen LogP contribution in [-0.2, 0) is 30.3 Å². The number of alkyl halides is 2. The van der Waals surface area contributed by atoms with E-state index >= 15 is 0 Å². The Hall–Kier alpha value is -1.82. The van der Waals surface area contributed by atoms with Crippen molar-refractivity contribution in [1.29, 1.82) is 0 Å². The molecular weight excluding hydrogens is 300 g/mol. The van der Waals surface area contributed by atoms with Gasteiger partial charge < -0.3 is 4.74 Å². The summed E-state index contributed by atoms with van der Waals surface area (Å²) in [4.78, 5) is 4.01. The van der Waals surface area contributed by atoms with Gasteiger partial charge in [0.1, 0.15) is 0 Å². The normalized spacial score (nSPS) is 15.0. The van der Waals surface area contributed by atoms with Gasteiger partial charge in [0.15, 0.2) is 5.69 Å². The van der Waals surface area contributed by atoms with Crippen molar-refractivity contribution in [2.24, 2.45) is 0 Å². The molecular formula is C17H21F2N3O. The van der Waals surface area contributed by atoms with Gasteiger partial charge in [-0.15, -0.1) is 0 Å². The van der Waals surface area contributed by atoms with Crippen molar-refractivity contribution in [2.45, 2.75) is 58.3 Å². The summed E-state index contributed by atoms with van der Waals surface area (Å²) in [6.07, 6.45) is 1.54. The van der Waals surface area contributed by atoms with Crippen molar-refractivity contribution < 1.29 is 13.5 Å². The first-order chi connectivity index (χ1) is 11.0. The van der Waals surface area contributed by atoms with Gasteiger partial charge in [-0.3, -0.25) is 9.67 Å². The quantitative estimate of drug-likeness (QED) is 0.835. The molecule has 0 amide bonds. The zero-order valence-electron chi connectivity index (χ0n) is 13.4. The first-order valence-corrected chi connectivity index (χ1v) is 8.01. The lowest BCUT2D eigenvalue weighted by molar-refractivity contribution is -0.259. The van der Waals surface area contributed by atoms with Gasteiger partial charge in [-0.1, -0.05) is 6.07 Å². The number of nitrogens with zero attached hydrogens (tertiary/aromatic N) is 3. The standard InChI is InChI=1S/C17H21F2N3O/c1-12(2)22-15-9-4-3-8-14(15)16(21-22)17(18,19)23-11-13-7-5-6-10-20-13/h5-7,10,12H,3-4,8-9,11H2,1-2H3. The molecule has 1 aliphatic carbocycles. The van der Waals surface area contributed by atoms with Crippen LogP contribution in [-0.4, -0.2) is 14.8 Å². The summed E-state index contributed by atoms with van der Waals surface area (Å²) in [6, 6.07) is 5.21. The van der Waals surface area contributed by atoms with E-state index in [1.54, 1.807) is 29.1 Å². The van der Waals surface area contributed by atoms with Crippen molar-refractivity contribution in [3.63, 3.8) is 0 Å². The smallest absolute Gasteiger partial charge is 0.309 e. The zero-order chi connectivity index (χ0) is 16.4. The summed E-state index contributed by atoms with van der Waals surface area (Å²) >= 11 is 0. The van der Waals surface area contributed by atoms with Crippen molar-refractivity contribution in [1.82, 2.24) is 14.8 Å². The van der Waals surface area contributed by atoms with Crippen LogP contribution in [0.3, 0.4) is 0 Å². The summed E-state index contributed by atoms with van der Waals surface area (Å²) in [7, 11) is 0. The average molecular weight is 321 g/mol. The fraction of sp³-hybridized carbons (Fsp3) is 0.529. The Labute approximate surface area is 134 Å². The summed E-state index contributed by atoms with van der Waals surface area (Å²) in [5.41, 5.74) is 1.85. The highest BCUT2D eigenvalue weighted by molar-refractivity contribution is 5.31. The van der Waals surface area contributed by atoms with E-state index < -0.39 is 6.11 Å². The molecule has 0 saturated heterocycles. The second kappa shape index (κ2) is 6.35. The van der Waals surface area contributed by atoms with Crippen molar-refractivity contribution in [3.05, 3.63) is 47.0 Å². The van der Waals surface area contributed by atoms with E-state index in [0.29, 0.717) is 17.7 Å². The van der Waals surface area contributed by atoms with E-state index in [1.807, 2.05) is 13.8 Å². The number of aromatic nitrogens is 3. The minimum atomic E-state index is -3.40. The van der Waals surface area contributed by atoms with E-state index in [1.165, 1.54) is 0 Å². The molecule has 2 aromatic rings. The molecule has 0 fully saturated rings. The molecule has 0 bridgehead atoms. The third-order valence-electron chi connectivity index (χ3n) is 4.10. The van der Waals surface area contributed by atoms with Crippen LogP contribution in [0.25, 0.3) is 0 Å². The van der Waals surface area contributed by atoms with Crippen LogP contribution in [0.15, 0.2) is 24.4 Å². The van der Waals surface area contributed by atoms with Gasteiger partial charge in [0.05, 0.1) is 12.3 Å². The van der Waals surface area contributed by atoms with Crippen LogP contribution >= 0.6 is 0 Å². The number of pyridine rings is 1. The molecule has 4 nitrogen and oxygen atoms in total. The molecule has 1 aliphatic rings. The van der Waals surface area contributed by atoms with E-state index in [2.05, 4.69) is 10.1 Å². The molecule has 0 unspecified atom stereocenters. The van der Waals surface area contributed by atoms with E-state index in [-0.39, 0.29) is 18.3 Å². The van der Waals surface area contributed by atoms with Gasteiger partial charge in [0.25, 0.3) is 0 Å². The molecule has 0 aliphatic heterocycles. The second-order valence-corrected chi connectivity index (χ2v) is 6.15. The Morgan fingerprint density at radius 3 is 2.74 bits per heavy atom. The predicted molar refractivity (Wildman–Crippen MR) is 82.2 cm³/mol. The highest BCUT2D eigenvalue weighted by atomic mass is 19.3. The fourth-order valence-electron chi connectivity index (χ4n) is 3.00. The average Bonchev–Trinajstić information content (AvgIpc) is 2.95. The van der Waals surface area contributed by atoms with Gasteiger partial charge in [-0.2, -0.15) is 13.9 Å². The maximum absolute atomic E-state index is 14.6. The lowest BCUT2D eigenvalue weighted by atomic mass is 9.95. The van der Waals surface area contributed by atoms with Crippen LogP contribution in [0.2, 0.25) is 0 Å². The Balaban J connectivity index is 1.87. The third kappa shape index (κ3) is 3.27. The van der Waals surface area contributed by atoms with Crippen molar-refractivity contribution >= 4 is 0 Å². The number of hydrogen-bond donors (Lipinski definition) is 0. The predicted octanol–water partition coefficient (Wildman–Crippen LogP) is 4.00. The van der Waals surface area contributed by atoms with Crippen LogP contribution in [0.1, 0.15) is 55.4 Å². The van der Waals surface area contributed by atoms with Gasteiger partial charge in [-0.05, 0) is 51.7 Å². The number of ether oxygens (including phenoxy) is 1. The molecule has 0 spiro atoms. The Bertz CT molecular complexity index is 668. The molecule has 0 saturated carbocycles. The summed E-state index contributed by atoms with van der Waals surface area (Å²) in [5.74, 6) is 0. The second-order valence-electron chi connectivity index (χ2n) is 6.15. The van der Waals surface area contributed by atoms with Gasteiger partial charge in [0.2, 0.25) is 0 Å². The molecule has 3 rings (SSSR count). The number of rotatable bonds is 5. The molecule has 0 N–H and O–H groups in total. The van der Waals surface area contributed by atoms with Crippen LogP contribution in [0.5, 0.6) is 0 Å². The summed E-state index contributed by atoms with van der Waals surface area (Å²) in [5, 5.41) is 4.20. The molecule has 2 aromatic heterocycles. The van der Waals surface area contributed by atoms with Crippen LogP contribution in [0.4, 0.5) is 8.78 Å². The zero-order valence-corrected chi connectivity index (χ0v) is 13.4. The molecule has 0 atom stereocenters. The largest absolute Gasteiger partial charge is 0.402 e. The first-order valence-electron chi connectivity index (χ1n) is 8.01. The number of hydrogen-bond acceptors (Lipinski definition) is 3. The van der Waals surface area contributed by atoms with Gasteiger partial charge in [-0.25, -0.2) is 0 Å². The maximum atomic E-state index is 14.6. The molecule has 2 heterocycles. The topological polar surface area (TPSA) is 39.9 Å². The molecule has 124 valence electrons. The highest BCUT2D eigenvalue weighted by Gasteiger charge is 2.41. The molecule has 6 heteroatoms. The Morgan fingerprint density at radius 2 is 2.04 bits per heavy atom. The lowest BCUT2D eigenvalue weighted by Crippen LogP contribution is -2.21. The van der Waals surface area contributed by atoms with Gasteiger partial charge in [0, 0.05) is 23.5 Å². The minimum Gasteiger partial charge on any atom is -0.309 e. The number of fused-ring (bicyclic) bond motifs is 1. The fourth-order valence-corrected chi connectivity index (χ4v) is 3.00. The van der Waals surface area contributed by atoms with Crippen molar-refractivity contribution in [3.8, 4) is 0 Å². The third-order valence-corrected chi connectivity index (χ3v) is 4.10. The van der Waals surface area contributed by atoms with Crippen molar-refractivity contribution in [2.75, 3.05) is 0 Å². The van der Waals surface area contributed by atoms with Crippen LogP contribution in [0, 0.1) is 0 Å².